The zero-order valence-corrected chi connectivity index (χ0v) is 17.2. The summed E-state index contributed by atoms with van der Waals surface area (Å²) in [6.45, 7) is 6.10. The highest BCUT2D eigenvalue weighted by atomic mass is 32.2. The third-order valence-corrected chi connectivity index (χ3v) is 7.64. The van der Waals surface area contributed by atoms with Crippen molar-refractivity contribution in [2.24, 2.45) is 0 Å². The lowest BCUT2D eigenvalue weighted by molar-refractivity contribution is 0.221. The van der Waals surface area contributed by atoms with Crippen LogP contribution in [0.25, 0.3) is 0 Å². The molecule has 4 rings (SSSR count). The van der Waals surface area contributed by atoms with Crippen LogP contribution in [0.5, 0.6) is 5.75 Å². The predicted octanol–water partition coefficient (Wildman–Crippen LogP) is 3.56. The van der Waals surface area contributed by atoms with E-state index in [1.807, 2.05) is 25.1 Å². The van der Waals surface area contributed by atoms with Gasteiger partial charge in [0.2, 0.25) is 10.0 Å². The molecule has 0 radical (unpaired) electrons. The first-order valence-electron chi connectivity index (χ1n) is 10.1. The second-order valence-corrected chi connectivity index (χ2v) is 9.64. The number of hydrogen-bond donors (Lipinski definition) is 0. The van der Waals surface area contributed by atoms with E-state index in [1.54, 1.807) is 16.4 Å². The molecule has 2 aliphatic heterocycles. The quantitative estimate of drug-likeness (QED) is 0.787. The summed E-state index contributed by atoms with van der Waals surface area (Å²) in [5.74, 6) is 0.796. The third kappa shape index (κ3) is 4.09. The molecule has 150 valence electrons. The van der Waals surface area contributed by atoms with E-state index < -0.39 is 10.0 Å². The Balaban J connectivity index is 1.58. The lowest BCUT2D eigenvalue weighted by atomic mass is 10.1. The fourth-order valence-electron chi connectivity index (χ4n) is 4.09. The van der Waals surface area contributed by atoms with Gasteiger partial charge in [-0.1, -0.05) is 30.7 Å². The van der Waals surface area contributed by atoms with Crippen molar-refractivity contribution in [2.75, 3.05) is 26.2 Å². The number of hydrogen-bond acceptors (Lipinski definition) is 4. The van der Waals surface area contributed by atoms with Gasteiger partial charge in [-0.2, -0.15) is 4.31 Å². The van der Waals surface area contributed by atoms with E-state index in [0.717, 1.165) is 36.5 Å². The van der Waals surface area contributed by atoms with E-state index in [2.05, 4.69) is 17.0 Å². The maximum atomic E-state index is 13.2. The molecule has 2 aliphatic rings. The minimum atomic E-state index is -3.56. The molecule has 1 saturated heterocycles. The van der Waals surface area contributed by atoms with E-state index >= 15 is 0 Å². The number of piperidine rings is 1. The molecule has 0 aliphatic carbocycles. The van der Waals surface area contributed by atoms with Crippen molar-refractivity contribution in [2.45, 2.75) is 44.2 Å². The van der Waals surface area contributed by atoms with Gasteiger partial charge in [0.1, 0.15) is 12.4 Å². The van der Waals surface area contributed by atoms with Crippen LogP contribution in [0.2, 0.25) is 0 Å². The highest BCUT2D eigenvalue weighted by Crippen LogP contribution is 2.29. The van der Waals surface area contributed by atoms with Crippen molar-refractivity contribution in [3.8, 4) is 5.75 Å². The van der Waals surface area contributed by atoms with Crippen LogP contribution in [0.4, 0.5) is 0 Å². The number of benzene rings is 2. The number of likely N-dealkylation sites (tertiary alicyclic amines) is 1. The van der Waals surface area contributed by atoms with Crippen molar-refractivity contribution in [1.82, 2.24) is 9.21 Å². The average Bonchev–Trinajstić information content (AvgIpc) is 2.91. The highest BCUT2D eigenvalue weighted by molar-refractivity contribution is 7.89. The molecular weight excluding hydrogens is 372 g/mol. The maximum Gasteiger partial charge on any atom is 0.243 e. The molecule has 0 N–H and O–H groups in total. The SMILES string of the molecule is Cc1ccccc1S(=O)(=O)N1CCOc2ccc(CN3CCCCC3)cc2C1. The molecule has 6 heteroatoms. The molecule has 5 nitrogen and oxygen atoms in total. The van der Waals surface area contributed by atoms with Gasteiger partial charge >= 0.3 is 0 Å². The third-order valence-electron chi connectivity index (χ3n) is 5.64. The molecule has 0 atom stereocenters. The van der Waals surface area contributed by atoms with E-state index in [4.69, 9.17) is 4.74 Å². The average molecular weight is 401 g/mol. The molecule has 2 aromatic carbocycles. The van der Waals surface area contributed by atoms with Crippen molar-refractivity contribution < 1.29 is 13.2 Å². The van der Waals surface area contributed by atoms with E-state index in [-0.39, 0.29) is 0 Å². The van der Waals surface area contributed by atoms with Gasteiger partial charge in [-0.3, -0.25) is 4.90 Å². The fourth-order valence-corrected chi connectivity index (χ4v) is 5.72. The summed E-state index contributed by atoms with van der Waals surface area (Å²) in [4.78, 5) is 2.85. The van der Waals surface area contributed by atoms with Gasteiger partial charge in [0.05, 0.1) is 4.90 Å². The van der Waals surface area contributed by atoms with E-state index in [0.29, 0.717) is 24.6 Å². The van der Waals surface area contributed by atoms with Crippen LogP contribution in [0.3, 0.4) is 0 Å². The van der Waals surface area contributed by atoms with Crippen LogP contribution in [0.1, 0.15) is 36.0 Å². The van der Waals surface area contributed by atoms with E-state index in [9.17, 15) is 8.42 Å². The van der Waals surface area contributed by atoms with Crippen molar-refractivity contribution in [3.63, 3.8) is 0 Å². The number of sulfonamides is 1. The smallest absolute Gasteiger partial charge is 0.243 e. The first-order valence-corrected chi connectivity index (χ1v) is 11.5. The van der Waals surface area contributed by atoms with Crippen LogP contribution >= 0.6 is 0 Å². The van der Waals surface area contributed by atoms with Crippen LogP contribution < -0.4 is 4.74 Å². The standard InChI is InChI=1S/C22H28N2O3S/c1-18-7-3-4-8-22(18)28(25,26)24-13-14-27-21-10-9-19(15-20(21)17-24)16-23-11-5-2-6-12-23/h3-4,7-10,15H,2,5-6,11-14,16-17H2,1H3. The second-order valence-electron chi connectivity index (χ2n) is 7.73. The lowest BCUT2D eigenvalue weighted by Gasteiger charge is -2.26. The Morgan fingerprint density at radius 2 is 1.79 bits per heavy atom. The predicted molar refractivity (Wildman–Crippen MR) is 110 cm³/mol. The van der Waals surface area contributed by atoms with Crippen molar-refractivity contribution >= 4 is 10.0 Å². The molecule has 28 heavy (non-hydrogen) atoms. The Morgan fingerprint density at radius 3 is 2.57 bits per heavy atom. The zero-order chi connectivity index (χ0) is 19.6. The Kier molecular flexibility index (Phi) is 5.71. The molecule has 1 fully saturated rings. The maximum absolute atomic E-state index is 13.2. The summed E-state index contributed by atoms with van der Waals surface area (Å²) in [5, 5.41) is 0. The van der Waals surface area contributed by atoms with Gasteiger partial charge in [0.15, 0.2) is 0 Å². The number of nitrogens with zero attached hydrogens (tertiary/aromatic N) is 2. The minimum Gasteiger partial charge on any atom is -0.492 e. The molecule has 0 spiro atoms. The molecular formula is C22H28N2O3S. The first kappa shape index (κ1) is 19.4. The number of fused-ring (bicyclic) bond motifs is 1. The number of rotatable bonds is 4. The van der Waals surface area contributed by atoms with Crippen LogP contribution in [0.15, 0.2) is 47.4 Å². The minimum absolute atomic E-state index is 0.347. The van der Waals surface area contributed by atoms with Crippen LogP contribution in [-0.2, 0) is 23.1 Å². The Bertz CT molecular complexity index is 937. The van der Waals surface area contributed by atoms with Gasteiger partial charge in [0, 0.05) is 25.2 Å². The lowest BCUT2D eigenvalue weighted by Crippen LogP contribution is -2.33. The van der Waals surface area contributed by atoms with Gasteiger partial charge in [-0.25, -0.2) is 8.42 Å². The first-order chi connectivity index (χ1) is 13.5. The molecule has 0 aromatic heterocycles. The Labute approximate surface area is 168 Å². The summed E-state index contributed by atoms with van der Waals surface area (Å²) in [5.41, 5.74) is 2.94. The fraction of sp³-hybridized carbons (Fsp3) is 0.455. The van der Waals surface area contributed by atoms with Gasteiger partial charge in [0.25, 0.3) is 0 Å². The van der Waals surface area contributed by atoms with Gasteiger partial charge < -0.3 is 4.74 Å². The number of ether oxygens (including phenoxy) is 1. The molecule has 2 aromatic rings. The van der Waals surface area contributed by atoms with Gasteiger partial charge in [-0.15, -0.1) is 0 Å². The van der Waals surface area contributed by atoms with Crippen molar-refractivity contribution in [3.05, 3.63) is 59.2 Å². The zero-order valence-electron chi connectivity index (χ0n) is 16.4. The monoisotopic (exact) mass is 400 g/mol. The molecule has 0 bridgehead atoms. The van der Waals surface area contributed by atoms with E-state index in [1.165, 1.54) is 24.8 Å². The summed E-state index contributed by atoms with van der Waals surface area (Å²) in [6.07, 6.45) is 3.84. The second kappa shape index (κ2) is 8.23. The highest BCUT2D eigenvalue weighted by Gasteiger charge is 2.29. The molecule has 2 heterocycles. The van der Waals surface area contributed by atoms with Crippen molar-refractivity contribution in [1.29, 1.82) is 0 Å². The Morgan fingerprint density at radius 1 is 1.00 bits per heavy atom. The molecule has 0 unspecified atom stereocenters. The summed E-state index contributed by atoms with van der Waals surface area (Å²) >= 11 is 0. The molecule has 0 saturated carbocycles. The Hall–Kier alpha value is -1.89. The summed E-state index contributed by atoms with van der Waals surface area (Å²) in [6, 6.07) is 13.4. The van der Waals surface area contributed by atoms with Crippen LogP contribution in [0, 0.1) is 6.92 Å². The topological polar surface area (TPSA) is 49.9 Å². The van der Waals surface area contributed by atoms with Crippen LogP contribution in [-0.4, -0.2) is 43.9 Å². The molecule has 0 amide bonds. The summed E-state index contributed by atoms with van der Waals surface area (Å²) < 4.78 is 33.9. The number of aryl methyl sites for hydroxylation is 1. The summed E-state index contributed by atoms with van der Waals surface area (Å²) in [7, 11) is -3.56. The van der Waals surface area contributed by atoms with Gasteiger partial charge in [-0.05, 0) is 62.2 Å². The normalized spacial score (nSPS) is 18.9. The largest absolute Gasteiger partial charge is 0.492 e.